The van der Waals surface area contributed by atoms with Crippen molar-refractivity contribution in [3.63, 3.8) is 0 Å². The zero-order valence-corrected chi connectivity index (χ0v) is 10.2. The maximum absolute atomic E-state index is 10.8. The molecule has 2 N–H and O–H groups in total. The van der Waals surface area contributed by atoms with E-state index in [0.29, 0.717) is 17.4 Å². The molecule has 0 aliphatic carbocycles. The van der Waals surface area contributed by atoms with E-state index in [1.807, 2.05) is 0 Å². The lowest BCUT2D eigenvalue weighted by atomic mass is 10.0. The minimum absolute atomic E-state index is 0.101. The fourth-order valence-corrected chi connectivity index (χ4v) is 1.98. The second-order valence-corrected chi connectivity index (χ2v) is 4.76. The second kappa shape index (κ2) is 6.54. The van der Waals surface area contributed by atoms with Crippen molar-refractivity contribution in [1.82, 2.24) is 0 Å². The molecule has 0 bridgehead atoms. The minimum Gasteiger partial charge on any atom is -0.389 e. The lowest BCUT2D eigenvalue weighted by molar-refractivity contribution is -0.109. The summed E-state index contributed by atoms with van der Waals surface area (Å²) in [5.74, 6) is 0.101. The Labute approximate surface area is 104 Å². The van der Waals surface area contributed by atoms with Gasteiger partial charge < -0.3 is 10.2 Å². The Kier molecular flexibility index (Phi) is 5.34. The summed E-state index contributed by atoms with van der Waals surface area (Å²) in [7, 11) is 0. The van der Waals surface area contributed by atoms with Gasteiger partial charge in [-0.3, -0.25) is 9.59 Å². The van der Waals surface area contributed by atoms with E-state index in [1.165, 1.54) is 6.92 Å². The highest BCUT2D eigenvalue weighted by Gasteiger charge is 2.21. The third kappa shape index (κ3) is 3.96. The van der Waals surface area contributed by atoms with E-state index in [1.54, 1.807) is 24.3 Å². The van der Waals surface area contributed by atoms with Gasteiger partial charge in [0.05, 0.1) is 6.10 Å². The summed E-state index contributed by atoms with van der Waals surface area (Å²) in [5, 5.41) is 19.5. The molecule has 17 heavy (non-hydrogen) atoms. The van der Waals surface area contributed by atoms with Crippen LogP contribution >= 0.6 is 11.8 Å². The van der Waals surface area contributed by atoms with E-state index in [0.717, 1.165) is 11.8 Å². The lowest BCUT2D eigenvalue weighted by Gasteiger charge is -2.18. The normalized spacial score (nSPS) is 14.1. The summed E-state index contributed by atoms with van der Waals surface area (Å²) in [4.78, 5) is 21.5. The molecule has 92 valence electrons. The second-order valence-electron chi connectivity index (χ2n) is 3.56. The highest BCUT2D eigenvalue weighted by atomic mass is 32.2. The molecule has 2 atom stereocenters. The molecule has 0 aliphatic rings. The third-order valence-corrected chi connectivity index (χ3v) is 3.18. The van der Waals surface area contributed by atoms with Crippen molar-refractivity contribution in [3.8, 4) is 0 Å². The standard InChI is InChI=1S/C12H14O4S/c1-8(14)17-7-11(15)12(16)10-5-3-2-4-9(10)6-13/h2-6,11-12,15-16H,7H2,1H3. The monoisotopic (exact) mass is 254 g/mol. The number of benzene rings is 1. The van der Waals surface area contributed by atoms with E-state index in [4.69, 9.17) is 0 Å². The van der Waals surface area contributed by atoms with Crippen LogP contribution in [0.2, 0.25) is 0 Å². The molecule has 0 heterocycles. The summed E-state index contributed by atoms with van der Waals surface area (Å²) in [5.41, 5.74) is 0.714. The molecule has 0 fully saturated rings. The molecular formula is C12H14O4S. The first kappa shape index (κ1) is 13.9. The van der Waals surface area contributed by atoms with Gasteiger partial charge in [0.1, 0.15) is 12.4 Å². The Morgan fingerprint density at radius 1 is 1.41 bits per heavy atom. The van der Waals surface area contributed by atoms with Gasteiger partial charge in [-0.15, -0.1) is 0 Å². The Morgan fingerprint density at radius 3 is 2.65 bits per heavy atom. The van der Waals surface area contributed by atoms with Gasteiger partial charge in [0.25, 0.3) is 0 Å². The summed E-state index contributed by atoms with van der Waals surface area (Å²) in [6.07, 6.45) is -1.61. The molecule has 0 radical (unpaired) electrons. The average Bonchev–Trinajstić information content (AvgIpc) is 2.34. The van der Waals surface area contributed by atoms with Crippen LogP contribution in [-0.4, -0.2) is 33.5 Å². The molecule has 1 aromatic carbocycles. The van der Waals surface area contributed by atoms with Crippen molar-refractivity contribution in [2.24, 2.45) is 0 Å². The number of rotatable bonds is 5. The maximum atomic E-state index is 10.8. The zero-order chi connectivity index (χ0) is 12.8. The fourth-order valence-electron chi connectivity index (χ4n) is 1.39. The number of carbonyl (C=O) groups is 2. The summed E-state index contributed by atoms with van der Waals surface area (Å²) < 4.78 is 0. The van der Waals surface area contributed by atoms with Gasteiger partial charge in [-0.05, 0) is 5.56 Å². The van der Waals surface area contributed by atoms with Crippen LogP contribution in [0.1, 0.15) is 28.9 Å². The molecule has 0 spiro atoms. The predicted molar refractivity (Wildman–Crippen MR) is 65.9 cm³/mol. The first-order valence-electron chi connectivity index (χ1n) is 5.10. The number of hydrogen-bond donors (Lipinski definition) is 2. The van der Waals surface area contributed by atoms with Crippen molar-refractivity contribution < 1.29 is 19.8 Å². The number of aldehydes is 1. The molecule has 1 rings (SSSR count). The van der Waals surface area contributed by atoms with Gasteiger partial charge in [-0.2, -0.15) is 0 Å². The van der Waals surface area contributed by atoms with E-state index in [-0.39, 0.29) is 10.9 Å². The number of aliphatic hydroxyl groups is 2. The molecule has 2 unspecified atom stereocenters. The van der Waals surface area contributed by atoms with Crippen molar-refractivity contribution >= 4 is 23.2 Å². The molecule has 5 heteroatoms. The van der Waals surface area contributed by atoms with Crippen LogP contribution in [0.25, 0.3) is 0 Å². The summed E-state index contributed by atoms with van der Waals surface area (Å²) in [6, 6.07) is 6.50. The molecular weight excluding hydrogens is 240 g/mol. The molecule has 0 amide bonds. The van der Waals surface area contributed by atoms with Crippen molar-refractivity contribution in [3.05, 3.63) is 35.4 Å². The van der Waals surface area contributed by atoms with Crippen LogP contribution in [0.15, 0.2) is 24.3 Å². The third-order valence-electron chi connectivity index (χ3n) is 2.26. The van der Waals surface area contributed by atoms with E-state index in [2.05, 4.69) is 0 Å². The first-order valence-corrected chi connectivity index (χ1v) is 6.08. The van der Waals surface area contributed by atoms with Gasteiger partial charge in [0.2, 0.25) is 0 Å². The predicted octanol–water partition coefficient (Wildman–Crippen LogP) is 1.17. The molecule has 0 saturated carbocycles. The van der Waals surface area contributed by atoms with E-state index in [9.17, 15) is 19.8 Å². The zero-order valence-electron chi connectivity index (χ0n) is 9.37. The van der Waals surface area contributed by atoms with Crippen molar-refractivity contribution in [2.75, 3.05) is 5.75 Å². The number of hydrogen-bond acceptors (Lipinski definition) is 5. The Balaban J connectivity index is 2.77. The van der Waals surface area contributed by atoms with Crippen LogP contribution in [0.3, 0.4) is 0 Å². The largest absolute Gasteiger partial charge is 0.389 e. The van der Waals surface area contributed by atoms with E-state index < -0.39 is 12.2 Å². The van der Waals surface area contributed by atoms with Gasteiger partial charge in [0.15, 0.2) is 5.12 Å². The van der Waals surface area contributed by atoms with Crippen LogP contribution in [0.4, 0.5) is 0 Å². The van der Waals surface area contributed by atoms with Gasteiger partial charge in [-0.25, -0.2) is 0 Å². The smallest absolute Gasteiger partial charge is 0.185 e. The van der Waals surface area contributed by atoms with Gasteiger partial charge in [-0.1, -0.05) is 36.0 Å². The Hall–Kier alpha value is -1.17. The van der Waals surface area contributed by atoms with Gasteiger partial charge in [0, 0.05) is 18.2 Å². The highest BCUT2D eigenvalue weighted by molar-refractivity contribution is 8.13. The summed E-state index contributed by atoms with van der Waals surface area (Å²) >= 11 is 0.939. The maximum Gasteiger partial charge on any atom is 0.185 e. The fraction of sp³-hybridized carbons (Fsp3) is 0.333. The van der Waals surface area contributed by atoms with Crippen molar-refractivity contribution in [1.29, 1.82) is 0 Å². The van der Waals surface area contributed by atoms with Crippen LogP contribution in [0.5, 0.6) is 0 Å². The van der Waals surface area contributed by atoms with Crippen LogP contribution in [0, 0.1) is 0 Å². The van der Waals surface area contributed by atoms with Crippen LogP contribution in [-0.2, 0) is 4.79 Å². The average molecular weight is 254 g/mol. The van der Waals surface area contributed by atoms with Crippen LogP contribution < -0.4 is 0 Å². The Bertz CT molecular complexity index is 405. The minimum atomic E-state index is -1.16. The highest BCUT2D eigenvalue weighted by Crippen LogP contribution is 2.22. The number of thioether (sulfide) groups is 1. The molecule has 0 aromatic heterocycles. The van der Waals surface area contributed by atoms with Gasteiger partial charge >= 0.3 is 0 Å². The topological polar surface area (TPSA) is 74.6 Å². The first-order chi connectivity index (χ1) is 8.06. The van der Waals surface area contributed by atoms with E-state index >= 15 is 0 Å². The van der Waals surface area contributed by atoms with Crippen molar-refractivity contribution in [2.45, 2.75) is 19.1 Å². The number of aliphatic hydroxyl groups excluding tert-OH is 2. The molecule has 0 aliphatic heterocycles. The molecule has 4 nitrogen and oxygen atoms in total. The molecule has 1 aromatic rings. The summed E-state index contributed by atoms with van der Waals surface area (Å²) in [6.45, 7) is 1.39. The Morgan fingerprint density at radius 2 is 2.06 bits per heavy atom. The number of carbonyl (C=O) groups excluding carboxylic acids is 2. The quantitative estimate of drug-likeness (QED) is 0.772. The SMILES string of the molecule is CC(=O)SCC(O)C(O)c1ccccc1C=O. The lowest BCUT2D eigenvalue weighted by Crippen LogP contribution is -2.22. The molecule has 0 saturated heterocycles.